The molecular formula is C8H11ClN2O3S. The normalized spacial score (nSPS) is 20.7. The van der Waals surface area contributed by atoms with Crippen molar-refractivity contribution >= 4 is 28.7 Å². The molecule has 0 aromatic carbocycles. The van der Waals surface area contributed by atoms with E-state index in [2.05, 4.69) is 5.32 Å². The second-order valence-corrected chi connectivity index (χ2v) is 3.95. The van der Waals surface area contributed by atoms with Gasteiger partial charge in [0.25, 0.3) is 0 Å². The molecule has 1 atom stereocenters. The first-order valence-corrected chi connectivity index (χ1v) is 5.19. The van der Waals surface area contributed by atoms with Gasteiger partial charge in [0.1, 0.15) is 0 Å². The Morgan fingerprint density at radius 1 is 1.67 bits per heavy atom. The quantitative estimate of drug-likeness (QED) is 0.641. The van der Waals surface area contributed by atoms with Gasteiger partial charge in [0.2, 0.25) is 0 Å². The molecule has 1 aromatic rings. The molecule has 0 radical (unpaired) electrons. The van der Waals surface area contributed by atoms with Crippen molar-refractivity contribution in [2.45, 2.75) is 6.04 Å². The van der Waals surface area contributed by atoms with Crippen molar-refractivity contribution < 1.29 is 9.66 Å². The van der Waals surface area contributed by atoms with E-state index >= 15 is 0 Å². The topological polar surface area (TPSA) is 64.4 Å². The molecular weight excluding hydrogens is 240 g/mol. The van der Waals surface area contributed by atoms with E-state index in [1.165, 1.54) is 0 Å². The molecule has 0 spiro atoms. The standard InChI is InChI=1S/C8H10N2O3S.ClH/c11-10(12)8-3-6(5-14-8)7-4-13-2-1-9-7;/h3,5,7,9H,1-2,4H2;1H/t7-;/m1./s1. The van der Waals surface area contributed by atoms with E-state index in [1.54, 1.807) is 6.07 Å². The number of halogens is 1. The third kappa shape index (κ3) is 2.88. The molecule has 0 amide bonds. The number of nitrogens with one attached hydrogen (secondary N) is 1. The molecule has 84 valence electrons. The summed E-state index contributed by atoms with van der Waals surface area (Å²) in [4.78, 5) is 10.1. The molecule has 7 heteroatoms. The van der Waals surface area contributed by atoms with Crippen LogP contribution in [0.3, 0.4) is 0 Å². The van der Waals surface area contributed by atoms with Gasteiger partial charge in [-0.25, -0.2) is 0 Å². The predicted octanol–water partition coefficient (Wildman–Crippen LogP) is 1.74. The molecule has 2 rings (SSSR count). The van der Waals surface area contributed by atoms with E-state index < -0.39 is 0 Å². The van der Waals surface area contributed by atoms with Crippen molar-refractivity contribution in [3.63, 3.8) is 0 Å². The molecule has 0 bridgehead atoms. The summed E-state index contributed by atoms with van der Waals surface area (Å²) >= 11 is 1.16. The van der Waals surface area contributed by atoms with Crippen LogP contribution in [-0.2, 0) is 4.74 Å². The average Bonchev–Trinajstić information content (AvgIpc) is 2.68. The number of hydrogen-bond donors (Lipinski definition) is 1. The Morgan fingerprint density at radius 3 is 3.00 bits per heavy atom. The number of nitro groups is 1. The van der Waals surface area contributed by atoms with Gasteiger partial charge in [0.05, 0.1) is 24.2 Å². The van der Waals surface area contributed by atoms with Gasteiger partial charge in [-0.05, 0) is 5.56 Å². The molecule has 1 saturated heterocycles. The third-order valence-electron chi connectivity index (χ3n) is 2.11. The monoisotopic (exact) mass is 250 g/mol. The van der Waals surface area contributed by atoms with Crippen molar-refractivity contribution in [2.75, 3.05) is 19.8 Å². The maximum absolute atomic E-state index is 10.5. The predicted molar refractivity (Wildman–Crippen MR) is 59.8 cm³/mol. The van der Waals surface area contributed by atoms with Crippen molar-refractivity contribution in [2.24, 2.45) is 0 Å². The number of ether oxygens (including phenoxy) is 1. The van der Waals surface area contributed by atoms with Crippen LogP contribution in [0.2, 0.25) is 0 Å². The van der Waals surface area contributed by atoms with Crippen LogP contribution in [0.4, 0.5) is 5.00 Å². The first-order valence-electron chi connectivity index (χ1n) is 4.31. The van der Waals surface area contributed by atoms with Gasteiger partial charge >= 0.3 is 5.00 Å². The molecule has 1 aromatic heterocycles. The molecule has 2 heterocycles. The third-order valence-corrected chi connectivity index (χ3v) is 3.01. The minimum atomic E-state index is -0.363. The molecule has 1 aliphatic heterocycles. The smallest absolute Gasteiger partial charge is 0.324 e. The molecule has 5 nitrogen and oxygen atoms in total. The highest BCUT2D eigenvalue weighted by Crippen LogP contribution is 2.27. The van der Waals surface area contributed by atoms with Gasteiger partial charge in [0, 0.05) is 18.0 Å². The van der Waals surface area contributed by atoms with E-state index in [1.807, 2.05) is 5.38 Å². The largest absolute Gasteiger partial charge is 0.378 e. The van der Waals surface area contributed by atoms with Crippen LogP contribution >= 0.6 is 23.7 Å². The maximum atomic E-state index is 10.5. The van der Waals surface area contributed by atoms with E-state index in [0.29, 0.717) is 13.2 Å². The first kappa shape index (κ1) is 12.4. The maximum Gasteiger partial charge on any atom is 0.324 e. The second-order valence-electron chi connectivity index (χ2n) is 3.06. The highest BCUT2D eigenvalue weighted by molar-refractivity contribution is 7.13. The number of nitrogens with zero attached hydrogens (tertiary/aromatic N) is 1. The average molecular weight is 251 g/mol. The summed E-state index contributed by atoms with van der Waals surface area (Å²) in [5.41, 5.74) is 0.946. The van der Waals surface area contributed by atoms with Gasteiger partial charge in [-0.1, -0.05) is 11.3 Å². The summed E-state index contributed by atoms with van der Waals surface area (Å²) in [6.07, 6.45) is 0. The van der Waals surface area contributed by atoms with Crippen LogP contribution in [0.25, 0.3) is 0 Å². The van der Waals surface area contributed by atoms with E-state index in [0.717, 1.165) is 23.4 Å². The van der Waals surface area contributed by atoms with Gasteiger partial charge in [0.15, 0.2) is 0 Å². The summed E-state index contributed by atoms with van der Waals surface area (Å²) in [7, 11) is 0. The Labute approximate surface area is 97.0 Å². The summed E-state index contributed by atoms with van der Waals surface area (Å²) in [5, 5.41) is 15.7. The van der Waals surface area contributed by atoms with Crippen LogP contribution in [0, 0.1) is 10.1 Å². The Bertz CT molecular complexity index is 338. The zero-order valence-electron chi connectivity index (χ0n) is 7.84. The molecule has 0 unspecified atom stereocenters. The molecule has 15 heavy (non-hydrogen) atoms. The molecule has 1 N–H and O–H groups in total. The number of thiophene rings is 1. The Hall–Kier alpha value is -0.690. The van der Waals surface area contributed by atoms with E-state index in [9.17, 15) is 10.1 Å². The Kier molecular flexibility index (Phi) is 4.46. The number of hydrogen-bond acceptors (Lipinski definition) is 5. The van der Waals surface area contributed by atoms with Crippen LogP contribution in [-0.4, -0.2) is 24.7 Å². The summed E-state index contributed by atoms with van der Waals surface area (Å²) in [6, 6.07) is 1.71. The first-order chi connectivity index (χ1) is 6.77. The fraction of sp³-hybridized carbons (Fsp3) is 0.500. The number of rotatable bonds is 2. The van der Waals surface area contributed by atoms with E-state index in [4.69, 9.17) is 4.74 Å². The van der Waals surface area contributed by atoms with Crippen molar-refractivity contribution in [1.82, 2.24) is 5.32 Å². The van der Waals surface area contributed by atoms with Gasteiger partial charge in [-0.2, -0.15) is 0 Å². The lowest BCUT2D eigenvalue weighted by Crippen LogP contribution is -2.34. The lowest BCUT2D eigenvalue weighted by molar-refractivity contribution is -0.380. The Morgan fingerprint density at radius 2 is 2.47 bits per heavy atom. The van der Waals surface area contributed by atoms with Crippen LogP contribution in [0.1, 0.15) is 11.6 Å². The van der Waals surface area contributed by atoms with Crippen molar-refractivity contribution in [3.05, 3.63) is 27.1 Å². The van der Waals surface area contributed by atoms with Gasteiger partial charge in [-0.3, -0.25) is 10.1 Å². The summed E-state index contributed by atoms with van der Waals surface area (Å²) < 4.78 is 5.28. The molecule has 1 aliphatic rings. The fourth-order valence-corrected chi connectivity index (χ4v) is 2.18. The lowest BCUT2D eigenvalue weighted by Gasteiger charge is -2.22. The second kappa shape index (κ2) is 5.41. The van der Waals surface area contributed by atoms with Crippen molar-refractivity contribution in [1.29, 1.82) is 0 Å². The van der Waals surface area contributed by atoms with Crippen LogP contribution < -0.4 is 5.32 Å². The lowest BCUT2D eigenvalue weighted by atomic mass is 10.1. The zero-order chi connectivity index (χ0) is 9.97. The highest BCUT2D eigenvalue weighted by atomic mass is 35.5. The SMILES string of the molecule is Cl.O=[N+]([O-])c1cc([C@H]2COCCN2)cs1. The minimum absolute atomic E-state index is 0. The highest BCUT2D eigenvalue weighted by Gasteiger charge is 2.19. The van der Waals surface area contributed by atoms with Gasteiger partial charge < -0.3 is 10.1 Å². The molecule has 0 saturated carbocycles. The number of morpholine rings is 1. The minimum Gasteiger partial charge on any atom is -0.378 e. The molecule has 0 aliphatic carbocycles. The van der Waals surface area contributed by atoms with Crippen molar-refractivity contribution in [3.8, 4) is 0 Å². The Balaban J connectivity index is 0.00000112. The van der Waals surface area contributed by atoms with Crippen LogP contribution in [0.15, 0.2) is 11.4 Å². The molecule has 1 fully saturated rings. The summed E-state index contributed by atoms with van der Waals surface area (Å²) in [6.45, 7) is 2.10. The zero-order valence-corrected chi connectivity index (χ0v) is 9.47. The fourth-order valence-electron chi connectivity index (χ4n) is 1.40. The van der Waals surface area contributed by atoms with Gasteiger partial charge in [-0.15, -0.1) is 12.4 Å². The summed E-state index contributed by atoms with van der Waals surface area (Å²) in [5.74, 6) is 0. The van der Waals surface area contributed by atoms with E-state index in [-0.39, 0.29) is 28.4 Å². The van der Waals surface area contributed by atoms with Crippen LogP contribution in [0.5, 0.6) is 0 Å².